The van der Waals surface area contributed by atoms with Crippen LogP contribution in [0.3, 0.4) is 0 Å². The predicted octanol–water partition coefficient (Wildman–Crippen LogP) is 2.68. The van der Waals surface area contributed by atoms with Crippen molar-refractivity contribution in [3.05, 3.63) is 18.2 Å². The summed E-state index contributed by atoms with van der Waals surface area (Å²) in [5.74, 6) is 1.41. The van der Waals surface area contributed by atoms with E-state index in [0.717, 1.165) is 30.7 Å². The summed E-state index contributed by atoms with van der Waals surface area (Å²) >= 11 is 0. The Balaban J connectivity index is 2.46. The lowest BCUT2D eigenvalue weighted by atomic mass is 10.1. The van der Waals surface area contributed by atoms with Crippen LogP contribution in [0.2, 0.25) is 0 Å². The Bertz CT molecular complexity index is 566. The Morgan fingerprint density at radius 3 is 2.80 bits per heavy atom. The van der Waals surface area contributed by atoms with E-state index in [1.54, 1.807) is 13.2 Å². The highest BCUT2D eigenvalue weighted by atomic mass is 16.5. The minimum Gasteiger partial charge on any atom is -0.496 e. The molecule has 1 heterocycles. The molecule has 0 fully saturated rings. The molecular formula is C14H21N5O. The molecule has 0 amide bonds. The molecule has 0 spiro atoms. The topological polar surface area (TPSA) is 78.9 Å². The fraction of sp³-hybridized carbons (Fsp3) is 0.500. The monoisotopic (exact) mass is 275 g/mol. The normalized spacial score (nSPS) is 12.3. The number of anilines is 1. The lowest BCUT2D eigenvalue weighted by Gasteiger charge is -2.16. The molecule has 1 aromatic carbocycles. The summed E-state index contributed by atoms with van der Waals surface area (Å²) in [6.07, 6.45) is 3.13. The summed E-state index contributed by atoms with van der Waals surface area (Å²) in [4.78, 5) is 0. The van der Waals surface area contributed by atoms with Crippen LogP contribution >= 0.6 is 0 Å². The molecule has 1 atom stereocenters. The second-order valence-electron chi connectivity index (χ2n) is 4.76. The quantitative estimate of drug-likeness (QED) is 0.820. The molecule has 1 unspecified atom stereocenters. The summed E-state index contributed by atoms with van der Waals surface area (Å²) < 4.78 is 7.28. The summed E-state index contributed by atoms with van der Waals surface area (Å²) in [6.45, 7) is 4.31. The largest absolute Gasteiger partial charge is 0.496 e. The molecule has 2 N–H and O–H groups in total. The van der Waals surface area contributed by atoms with Crippen molar-refractivity contribution < 1.29 is 4.74 Å². The highest BCUT2D eigenvalue weighted by Crippen LogP contribution is 2.32. The molecule has 0 saturated heterocycles. The predicted molar refractivity (Wildman–Crippen MR) is 78.5 cm³/mol. The molecule has 6 heteroatoms. The van der Waals surface area contributed by atoms with Crippen LogP contribution in [0, 0.1) is 0 Å². The first-order valence-electron chi connectivity index (χ1n) is 6.93. The van der Waals surface area contributed by atoms with Crippen molar-refractivity contribution in [2.45, 2.75) is 39.2 Å². The van der Waals surface area contributed by atoms with Crippen LogP contribution in [0.25, 0.3) is 11.4 Å². The Labute approximate surface area is 118 Å². The number of rotatable bonds is 6. The number of hydrogen-bond acceptors (Lipinski definition) is 5. The third-order valence-electron chi connectivity index (χ3n) is 3.40. The lowest BCUT2D eigenvalue weighted by molar-refractivity contribution is 0.399. The van der Waals surface area contributed by atoms with E-state index in [-0.39, 0.29) is 0 Å². The number of tetrazole rings is 1. The summed E-state index contributed by atoms with van der Waals surface area (Å²) in [7, 11) is 1.62. The minimum absolute atomic E-state index is 0.298. The number of methoxy groups -OCH3 is 1. The summed E-state index contributed by atoms with van der Waals surface area (Å²) in [6, 6.07) is 5.81. The number of nitrogen functional groups attached to an aromatic ring is 1. The van der Waals surface area contributed by atoms with Crippen molar-refractivity contribution in [1.29, 1.82) is 0 Å². The van der Waals surface area contributed by atoms with Crippen LogP contribution in [-0.4, -0.2) is 27.3 Å². The van der Waals surface area contributed by atoms with Crippen molar-refractivity contribution in [3.8, 4) is 17.1 Å². The van der Waals surface area contributed by atoms with Crippen molar-refractivity contribution in [2.24, 2.45) is 0 Å². The van der Waals surface area contributed by atoms with E-state index in [1.165, 1.54) is 0 Å². The fourth-order valence-electron chi connectivity index (χ4n) is 2.34. The van der Waals surface area contributed by atoms with Gasteiger partial charge in [0.2, 0.25) is 0 Å². The Morgan fingerprint density at radius 1 is 1.35 bits per heavy atom. The van der Waals surface area contributed by atoms with Crippen molar-refractivity contribution in [1.82, 2.24) is 20.2 Å². The highest BCUT2D eigenvalue weighted by Gasteiger charge is 2.19. The summed E-state index contributed by atoms with van der Waals surface area (Å²) in [5, 5.41) is 12.1. The average molecular weight is 275 g/mol. The maximum Gasteiger partial charge on any atom is 0.186 e. The number of aromatic nitrogens is 4. The van der Waals surface area contributed by atoms with Gasteiger partial charge in [-0.05, 0) is 35.4 Å². The van der Waals surface area contributed by atoms with E-state index in [2.05, 4.69) is 29.4 Å². The first-order valence-corrected chi connectivity index (χ1v) is 6.93. The first kappa shape index (κ1) is 14.3. The van der Waals surface area contributed by atoms with Crippen LogP contribution in [0.1, 0.15) is 39.2 Å². The molecule has 108 valence electrons. The van der Waals surface area contributed by atoms with Gasteiger partial charge in [-0.3, -0.25) is 0 Å². The third kappa shape index (κ3) is 2.74. The van der Waals surface area contributed by atoms with Gasteiger partial charge in [0, 0.05) is 11.8 Å². The fourth-order valence-corrected chi connectivity index (χ4v) is 2.34. The standard InChI is InChI=1S/C14H21N5O/c1-4-6-11(5-2)19-14(16-17-18-19)12-8-7-10(15)9-13(12)20-3/h7-9,11H,4-6,15H2,1-3H3. The zero-order chi connectivity index (χ0) is 14.5. The minimum atomic E-state index is 0.298. The molecule has 6 nitrogen and oxygen atoms in total. The van der Waals surface area contributed by atoms with Gasteiger partial charge in [0.05, 0.1) is 18.7 Å². The van der Waals surface area contributed by atoms with Crippen LogP contribution in [0.15, 0.2) is 18.2 Å². The second-order valence-corrected chi connectivity index (χ2v) is 4.76. The van der Waals surface area contributed by atoms with Gasteiger partial charge in [0.1, 0.15) is 5.75 Å². The van der Waals surface area contributed by atoms with Gasteiger partial charge in [-0.2, -0.15) is 0 Å². The van der Waals surface area contributed by atoms with Crippen molar-refractivity contribution in [3.63, 3.8) is 0 Å². The molecule has 1 aromatic heterocycles. The number of nitrogens with zero attached hydrogens (tertiary/aromatic N) is 4. The molecule has 0 bridgehead atoms. The molecule has 20 heavy (non-hydrogen) atoms. The Morgan fingerprint density at radius 2 is 2.15 bits per heavy atom. The van der Waals surface area contributed by atoms with Gasteiger partial charge >= 0.3 is 0 Å². The van der Waals surface area contributed by atoms with Gasteiger partial charge in [0.25, 0.3) is 0 Å². The van der Waals surface area contributed by atoms with Crippen molar-refractivity contribution in [2.75, 3.05) is 12.8 Å². The number of hydrogen-bond donors (Lipinski definition) is 1. The molecule has 0 aliphatic carbocycles. The van der Waals surface area contributed by atoms with Gasteiger partial charge in [-0.25, -0.2) is 4.68 Å². The second kappa shape index (κ2) is 6.36. The van der Waals surface area contributed by atoms with E-state index in [0.29, 0.717) is 17.5 Å². The van der Waals surface area contributed by atoms with Gasteiger partial charge in [0.15, 0.2) is 5.82 Å². The van der Waals surface area contributed by atoms with Gasteiger partial charge in [-0.15, -0.1) is 5.10 Å². The van der Waals surface area contributed by atoms with Gasteiger partial charge < -0.3 is 10.5 Å². The molecule has 0 radical (unpaired) electrons. The molecular weight excluding hydrogens is 254 g/mol. The molecule has 0 saturated carbocycles. The highest BCUT2D eigenvalue weighted by molar-refractivity contribution is 5.67. The molecule has 2 rings (SSSR count). The number of benzene rings is 1. The first-order chi connectivity index (χ1) is 9.71. The van der Waals surface area contributed by atoms with Crippen LogP contribution in [-0.2, 0) is 0 Å². The van der Waals surface area contributed by atoms with Gasteiger partial charge in [-0.1, -0.05) is 20.3 Å². The number of nitrogens with two attached hydrogens (primary N) is 1. The zero-order valence-electron chi connectivity index (χ0n) is 12.2. The third-order valence-corrected chi connectivity index (χ3v) is 3.40. The Hall–Kier alpha value is -2.11. The average Bonchev–Trinajstić information content (AvgIpc) is 2.93. The van der Waals surface area contributed by atoms with Crippen LogP contribution in [0.5, 0.6) is 5.75 Å². The van der Waals surface area contributed by atoms with E-state index in [4.69, 9.17) is 10.5 Å². The van der Waals surface area contributed by atoms with E-state index >= 15 is 0 Å². The maximum atomic E-state index is 5.79. The lowest BCUT2D eigenvalue weighted by Crippen LogP contribution is -2.12. The smallest absolute Gasteiger partial charge is 0.186 e. The maximum absolute atomic E-state index is 5.79. The van der Waals surface area contributed by atoms with Crippen LogP contribution < -0.4 is 10.5 Å². The van der Waals surface area contributed by atoms with Crippen LogP contribution in [0.4, 0.5) is 5.69 Å². The van der Waals surface area contributed by atoms with E-state index in [1.807, 2.05) is 16.8 Å². The van der Waals surface area contributed by atoms with E-state index in [9.17, 15) is 0 Å². The Kier molecular flexibility index (Phi) is 4.55. The molecule has 0 aliphatic heterocycles. The molecule has 2 aromatic rings. The zero-order valence-corrected chi connectivity index (χ0v) is 12.2. The van der Waals surface area contributed by atoms with E-state index < -0.39 is 0 Å². The molecule has 0 aliphatic rings. The SMILES string of the molecule is CCCC(CC)n1nnnc1-c1ccc(N)cc1OC. The number of ether oxygens (including phenoxy) is 1. The van der Waals surface area contributed by atoms with Crippen molar-refractivity contribution >= 4 is 5.69 Å². The summed E-state index contributed by atoms with van der Waals surface area (Å²) in [5.41, 5.74) is 7.31.